The molecule has 2 heterocycles. The number of likely N-dealkylation sites (N-methyl/N-ethyl adjacent to an activating group) is 1. The summed E-state index contributed by atoms with van der Waals surface area (Å²) in [7, 11) is 1.96. The van der Waals surface area contributed by atoms with Gasteiger partial charge >= 0.3 is 5.97 Å². The van der Waals surface area contributed by atoms with E-state index in [0.717, 1.165) is 58.7 Å². The van der Waals surface area contributed by atoms with E-state index in [2.05, 4.69) is 14.8 Å². The van der Waals surface area contributed by atoms with E-state index >= 15 is 0 Å². The highest BCUT2D eigenvalue weighted by molar-refractivity contribution is 5.69. The van der Waals surface area contributed by atoms with Crippen molar-refractivity contribution in [2.75, 3.05) is 99.2 Å². The normalized spacial score (nSPS) is 13.3. The fourth-order valence-corrected chi connectivity index (χ4v) is 3.87. The van der Waals surface area contributed by atoms with Crippen LogP contribution < -0.4 is 4.74 Å². The first kappa shape index (κ1) is 43.8. The maximum atomic E-state index is 11.6. The lowest BCUT2D eigenvalue weighted by Gasteiger charge is -2.26. The Morgan fingerprint density at radius 3 is 2.04 bits per heavy atom. The van der Waals surface area contributed by atoms with Gasteiger partial charge in [-0.3, -0.25) is 14.7 Å². The van der Waals surface area contributed by atoms with Gasteiger partial charge in [0.1, 0.15) is 24.2 Å². The monoisotopic (exact) mass is 659 g/mol. The molecule has 0 aliphatic carbocycles. The van der Waals surface area contributed by atoms with E-state index in [1.54, 1.807) is 12.1 Å². The standard InChI is InChI=1S/C18H30N2O5.C13H25NO5.C2H6/c1-18(2,3)25-17(23)6-5-7-20(4)8-9-24-16-10-14(12-21)19-15(11-16)13-22;15-5-1-6-16-10-12-19-13-11-18-9-4-14-2-7-17-8-3-14;1-2/h10-11,21-22H,5-9,12-13H2,1-4H3;5H,1-4,6-13H2;1-2H3. The van der Waals surface area contributed by atoms with Crippen molar-refractivity contribution in [1.82, 2.24) is 14.8 Å². The summed E-state index contributed by atoms with van der Waals surface area (Å²) < 4.78 is 32.2. The van der Waals surface area contributed by atoms with Crippen molar-refractivity contribution in [1.29, 1.82) is 0 Å². The lowest BCUT2D eigenvalue weighted by atomic mass is 10.2. The van der Waals surface area contributed by atoms with Gasteiger partial charge in [-0.25, -0.2) is 0 Å². The molecule has 1 fully saturated rings. The Labute approximate surface area is 276 Å². The van der Waals surface area contributed by atoms with Gasteiger partial charge in [-0.1, -0.05) is 13.8 Å². The van der Waals surface area contributed by atoms with Gasteiger partial charge < -0.3 is 48.3 Å². The van der Waals surface area contributed by atoms with Gasteiger partial charge in [0, 0.05) is 51.2 Å². The zero-order valence-electron chi connectivity index (χ0n) is 29.2. The van der Waals surface area contributed by atoms with Crippen LogP contribution in [0.1, 0.15) is 65.3 Å². The number of esters is 1. The number of aliphatic hydroxyl groups is 2. The molecule has 1 aromatic rings. The molecule has 2 N–H and O–H groups in total. The van der Waals surface area contributed by atoms with E-state index in [0.29, 0.717) is 76.2 Å². The van der Waals surface area contributed by atoms with Crippen molar-refractivity contribution < 1.29 is 48.2 Å². The van der Waals surface area contributed by atoms with Gasteiger partial charge in [0.15, 0.2) is 0 Å². The number of aldehydes is 1. The number of carbonyl (C=O) groups excluding carboxylic acids is 2. The minimum Gasteiger partial charge on any atom is -0.492 e. The van der Waals surface area contributed by atoms with Gasteiger partial charge in [0.25, 0.3) is 0 Å². The summed E-state index contributed by atoms with van der Waals surface area (Å²) in [5, 5.41) is 18.3. The second kappa shape index (κ2) is 29.0. The molecule has 0 atom stereocenters. The Hall–Kier alpha value is -2.23. The Morgan fingerprint density at radius 1 is 0.935 bits per heavy atom. The molecule has 0 spiro atoms. The number of ether oxygens (including phenoxy) is 6. The number of nitrogens with zero attached hydrogens (tertiary/aromatic N) is 3. The summed E-state index contributed by atoms with van der Waals surface area (Å²) in [6.07, 6.45) is 2.42. The molecule has 13 nitrogen and oxygen atoms in total. The first-order valence-corrected chi connectivity index (χ1v) is 16.4. The SMILES string of the molecule is CC.CN(CCCC(=O)OC(C)(C)C)CCOc1cc(CO)nc(CO)c1.O=CCCOCCOCCOCCN1CCOCC1. The topological polar surface area (TPSA) is 149 Å². The van der Waals surface area contributed by atoms with Crippen molar-refractivity contribution in [3.63, 3.8) is 0 Å². The minimum atomic E-state index is -0.442. The number of aromatic nitrogens is 1. The van der Waals surface area contributed by atoms with E-state index < -0.39 is 5.60 Å². The predicted molar refractivity (Wildman–Crippen MR) is 176 cm³/mol. The number of hydrogen-bond acceptors (Lipinski definition) is 13. The van der Waals surface area contributed by atoms with Crippen LogP contribution in [0.3, 0.4) is 0 Å². The van der Waals surface area contributed by atoms with Crippen LogP contribution in [-0.4, -0.2) is 142 Å². The molecule has 0 aromatic carbocycles. The molecule has 1 aliphatic rings. The fraction of sp³-hybridized carbons (Fsp3) is 0.788. The highest BCUT2D eigenvalue weighted by Gasteiger charge is 2.16. The second-order valence-corrected chi connectivity index (χ2v) is 11.2. The van der Waals surface area contributed by atoms with E-state index in [1.807, 2.05) is 41.7 Å². The van der Waals surface area contributed by atoms with Gasteiger partial charge in [0.2, 0.25) is 0 Å². The van der Waals surface area contributed by atoms with Gasteiger partial charge in [-0.05, 0) is 40.8 Å². The largest absolute Gasteiger partial charge is 0.492 e. The smallest absolute Gasteiger partial charge is 0.306 e. The van der Waals surface area contributed by atoms with Crippen LogP contribution in [0.4, 0.5) is 0 Å². The highest BCUT2D eigenvalue weighted by atomic mass is 16.6. The third-order valence-corrected chi connectivity index (χ3v) is 6.09. The number of carbonyl (C=O) groups is 2. The molecule has 0 amide bonds. The second-order valence-electron chi connectivity index (χ2n) is 11.2. The first-order chi connectivity index (χ1) is 22.2. The third-order valence-electron chi connectivity index (χ3n) is 6.09. The van der Waals surface area contributed by atoms with Crippen LogP contribution in [0, 0.1) is 0 Å². The zero-order valence-corrected chi connectivity index (χ0v) is 29.2. The maximum Gasteiger partial charge on any atom is 0.306 e. The van der Waals surface area contributed by atoms with Crippen LogP contribution in [0.25, 0.3) is 0 Å². The molecule has 2 rings (SSSR count). The number of pyridine rings is 1. The van der Waals surface area contributed by atoms with Crippen LogP contribution in [0.15, 0.2) is 12.1 Å². The summed E-state index contributed by atoms with van der Waals surface area (Å²) in [6, 6.07) is 3.31. The van der Waals surface area contributed by atoms with Crippen molar-refractivity contribution in [2.24, 2.45) is 0 Å². The quantitative estimate of drug-likeness (QED) is 0.107. The Morgan fingerprint density at radius 2 is 1.50 bits per heavy atom. The van der Waals surface area contributed by atoms with Crippen LogP contribution in [0.2, 0.25) is 0 Å². The summed E-state index contributed by atoms with van der Waals surface area (Å²) >= 11 is 0. The first-order valence-electron chi connectivity index (χ1n) is 16.4. The van der Waals surface area contributed by atoms with Gasteiger partial charge in [-0.15, -0.1) is 0 Å². The van der Waals surface area contributed by atoms with Crippen LogP contribution >= 0.6 is 0 Å². The van der Waals surface area contributed by atoms with Gasteiger partial charge in [-0.2, -0.15) is 0 Å². The number of rotatable bonds is 22. The van der Waals surface area contributed by atoms with Gasteiger partial charge in [0.05, 0.1) is 77.5 Å². The average Bonchev–Trinajstić information content (AvgIpc) is 3.04. The molecule has 0 unspecified atom stereocenters. The maximum absolute atomic E-state index is 11.6. The molecular weight excluding hydrogens is 598 g/mol. The Bertz CT molecular complexity index is 857. The lowest BCUT2D eigenvalue weighted by molar-refractivity contribution is -0.155. The molecule has 0 bridgehead atoms. The number of morpholine rings is 1. The zero-order chi connectivity index (χ0) is 34.5. The molecule has 268 valence electrons. The van der Waals surface area contributed by atoms with E-state index in [4.69, 9.17) is 38.6 Å². The summed E-state index contributed by atoms with van der Waals surface area (Å²) in [4.78, 5) is 30.1. The van der Waals surface area contributed by atoms with Crippen LogP contribution in [-0.2, 0) is 46.5 Å². The molecule has 1 saturated heterocycles. The molecule has 0 saturated carbocycles. The molecular formula is C33H61N3O10. The highest BCUT2D eigenvalue weighted by Crippen LogP contribution is 2.15. The van der Waals surface area contributed by atoms with E-state index in [9.17, 15) is 9.59 Å². The average molecular weight is 660 g/mol. The Balaban J connectivity index is 0.000000863. The fourth-order valence-electron chi connectivity index (χ4n) is 3.87. The predicted octanol–water partition coefficient (Wildman–Crippen LogP) is 2.48. The summed E-state index contributed by atoms with van der Waals surface area (Å²) in [6.45, 7) is 19.2. The minimum absolute atomic E-state index is 0.179. The van der Waals surface area contributed by atoms with Crippen molar-refractivity contribution in [2.45, 2.75) is 72.7 Å². The Kier molecular flexibility index (Phi) is 27.5. The molecule has 0 radical (unpaired) electrons. The molecule has 1 aliphatic heterocycles. The molecule has 13 heteroatoms. The number of hydrogen-bond donors (Lipinski definition) is 2. The van der Waals surface area contributed by atoms with Crippen LogP contribution in [0.5, 0.6) is 5.75 Å². The lowest BCUT2D eigenvalue weighted by Crippen LogP contribution is -2.38. The third kappa shape index (κ3) is 25.9. The van der Waals surface area contributed by atoms with E-state index in [1.165, 1.54) is 0 Å². The van der Waals surface area contributed by atoms with E-state index in [-0.39, 0.29) is 19.2 Å². The van der Waals surface area contributed by atoms with Crippen molar-refractivity contribution in [3.05, 3.63) is 23.5 Å². The number of aliphatic hydroxyl groups excluding tert-OH is 2. The van der Waals surface area contributed by atoms with Crippen molar-refractivity contribution in [3.8, 4) is 5.75 Å². The molecule has 1 aromatic heterocycles. The summed E-state index contributed by atoms with van der Waals surface area (Å²) in [5.74, 6) is 0.396. The molecule has 46 heavy (non-hydrogen) atoms. The van der Waals surface area contributed by atoms with Crippen molar-refractivity contribution >= 4 is 12.3 Å². The summed E-state index contributed by atoms with van der Waals surface area (Å²) in [5.41, 5.74) is 0.488.